The van der Waals surface area contributed by atoms with E-state index in [-0.39, 0.29) is 12.5 Å². The summed E-state index contributed by atoms with van der Waals surface area (Å²) in [5.74, 6) is 0.400. The highest BCUT2D eigenvalue weighted by atomic mass is 16.5. The third kappa shape index (κ3) is 2.12. The first-order valence-electron chi connectivity index (χ1n) is 4.84. The topological polar surface area (TPSA) is 55.3 Å². The van der Waals surface area contributed by atoms with E-state index in [0.717, 1.165) is 18.8 Å². The monoisotopic (exact) mass is 207 g/mol. The number of likely N-dealkylation sites (tertiary alicyclic amines) is 1. The van der Waals surface area contributed by atoms with Crippen molar-refractivity contribution in [2.24, 2.45) is 0 Å². The molecule has 5 heteroatoms. The molecule has 0 N–H and O–H groups in total. The molecular weight excluding hydrogens is 194 g/mol. The average molecular weight is 207 g/mol. The Morgan fingerprint density at radius 1 is 1.67 bits per heavy atom. The van der Waals surface area contributed by atoms with Crippen molar-refractivity contribution >= 4 is 5.91 Å². The van der Waals surface area contributed by atoms with Gasteiger partial charge >= 0.3 is 0 Å². The predicted molar refractivity (Wildman–Crippen MR) is 53.2 cm³/mol. The van der Waals surface area contributed by atoms with Gasteiger partial charge < -0.3 is 9.64 Å². The summed E-state index contributed by atoms with van der Waals surface area (Å²) in [5.41, 5.74) is 1.01. The first-order valence-corrected chi connectivity index (χ1v) is 4.84. The van der Waals surface area contributed by atoms with Gasteiger partial charge in [0.2, 0.25) is 5.91 Å². The van der Waals surface area contributed by atoms with Crippen LogP contribution in [0.1, 0.15) is 11.6 Å². The lowest BCUT2D eigenvalue weighted by molar-refractivity contribution is -0.139. The van der Waals surface area contributed by atoms with Crippen LogP contribution in [0.4, 0.5) is 0 Å². The molecule has 0 bridgehead atoms. The average Bonchev–Trinajstić information content (AvgIpc) is 2.17. The van der Waals surface area contributed by atoms with E-state index in [1.54, 1.807) is 11.1 Å². The maximum absolute atomic E-state index is 11.4. The minimum absolute atomic E-state index is 0.0443. The van der Waals surface area contributed by atoms with Crippen molar-refractivity contribution in [3.8, 4) is 0 Å². The largest absolute Gasteiger partial charge is 0.375 e. The summed E-state index contributed by atoms with van der Waals surface area (Å²) in [7, 11) is 1.53. The van der Waals surface area contributed by atoms with E-state index in [1.165, 1.54) is 13.4 Å². The molecule has 2 heterocycles. The summed E-state index contributed by atoms with van der Waals surface area (Å²) < 4.78 is 4.78. The molecule has 80 valence electrons. The van der Waals surface area contributed by atoms with Crippen LogP contribution in [0.15, 0.2) is 18.6 Å². The fraction of sp³-hybridized carbons (Fsp3) is 0.500. The quantitative estimate of drug-likeness (QED) is 0.702. The number of methoxy groups -OCH3 is 1. The molecule has 15 heavy (non-hydrogen) atoms. The number of aromatic nitrogens is 2. The van der Waals surface area contributed by atoms with Gasteiger partial charge in [0.15, 0.2) is 0 Å². The van der Waals surface area contributed by atoms with Gasteiger partial charge in [0.25, 0.3) is 0 Å². The van der Waals surface area contributed by atoms with Crippen molar-refractivity contribution in [2.75, 3.05) is 26.8 Å². The first kappa shape index (κ1) is 10.0. The van der Waals surface area contributed by atoms with E-state index in [4.69, 9.17) is 4.74 Å². The maximum atomic E-state index is 11.4. The summed E-state index contributed by atoms with van der Waals surface area (Å²) in [5, 5.41) is 0. The van der Waals surface area contributed by atoms with Crippen LogP contribution in [0.5, 0.6) is 0 Å². The van der Waals surface area contributed by atoms with Crippen LogP contribution < -0.4 is 0 Å². The second-order valence-corrected chi connectivity index (χ2v) is 3.56. The molecule has 1 saturated heterocycles. The van der Waals surface area contributed by atoms with E-state index in [9.17, 15) is 4.79 Å². The van der Waals surface area contributed by atoms with Crippen LogP contribution in [0.2, 0.25) is 0 Å². The number of carbonyl (C=O) groups is 1. The fourth-order valence-corrected chi connectivity index (χ4v) is 1.63. The Labute approximate surface area is 88.1 Å². The zero-order valence-corrected chi connectivity index (χ0v) is 8.59. The number of rotatable bonds is 3. The number of hydrogen-bond acceptors (Lipinski definition) is 4. The summed E-state index contributed by atoms with van der Waals surface area (Å²) in [4.78, 5) is 21.2. The molecule has 2 rings (SSSR count). The number of hydrogen-bond donors (Lipinski definition) is 0. The lowest BCUT2D eigenvalue weighted by Crippen LogP contribution is -2.49. The van der Waals surface area contributed by atoms with E-state index >= 15 is 0 Å². The molecule has 0 aliphatic carbocycles. The van der Waals surface area contributed by atoms with Gasteiger partial charge in [0, 0.05) is 32.3 Å². The Morgan fingerprint density at radius 2 is 2.47 bits per heavy atom. The van der Waals surface area contributed by atoms with Crippen LogP contribution in [-0.4, -0.2) is 47.6 Å². The standard InChI is InChI=1S/C10H13N3O2/c1-15-6-10(14)13-4-8(5-13)9-2-3-11-7-12-9/h2-3,7-8H,4-6H2,1H3. The van der Waals surface area contributed by atoms with E-state index in [1.807, 2.05) is 6.07 Å². The molecule has 0 radical (unpaired) electrons. The highest BCUT2D eigenvalue weighted by Gasteiger charge is 2.32. The fourth-order valence-electron chi connectivity index (χ4n) is 1.63. The van der Waals surface area contributed by atoms with Crippen molar-refractivity contribution < 1.29 is 9.53 Å². The van der Waals surface area contributed by atoms with E-state index < -0.39 is 0 Å². The predicted octanol–water partition coefficient (Wildman–Crippen LogP) is 0.0488. The molecule has 0 aromatic carbocycles. The molecule has 1 aromatic rings. The van der Waals surface area contributed by atoms with Crippen molar-refractivity contribution in [1.29, 1.82) is 0 Å². The lowest BCUT2D eigenvalue weighted by Gasteiger charge is -2.38. The third-order valence-corrected chi connectivity index (χ3v) is 2.53. The Morgan fingerprint density at radius 3 is 3.07 bits per heavy atom. The Bertz CT molecular complexity index is 336. The minimum Gasteiger partial charge on any atom is -0.375 e. The van der Waals surface area contributed by atoms with Crippen LogP contribution in [-0.2, 0) is 9.53 Å². The third-order valence-electron chi connectivity index (χ3n) is 2.53. The zero-order chi connectivity index (χ0) is 10.7. The van der Waals surface area contributed by atoms with Crippen LogP contribution in [0.25, 0.3) is 0 Å². The zero-order valence-electron chi connectivity index (χ0n) is 8.59. The number of amides is 1. The van der Waals surface area contributed by atoms with Gasteiger partial charge in [0.05, 0.1) is 5.69 Å². The smallest absolute Gasteiger partial charge is 0.248 e. The Balaban J connectivity index is 1.86. The van der Waals surface area contributed by atoms with Crippen molar-refractivity contribution in [3.05, 3.63) is 24.3 Å². The van der Waals surface area contributed by atoms with Crippen molar-refractivity contribution in [3.63, 3.8) is 0 Å². The second-order valence-electron chi connectivity index (χ2n) is 3.56. The molecule has 0 spiro atoms. The van der Waals surface area contributed by atoms with Gasteiger partial charge in [-0.25, -0.2) is 9.97 Å². The first-order chi connectivity index (χ1) is 7.31. The summed E-state index contributed by atoms with van der Waals surface area (Å²) >= 11 is 0. The molecule has 1 aromatic heterocycles. The van der Waals surface area contributed by atoms with Crippen molar-refractivity contribution in [2.45, 2.75) is 5.92 Å². The molecule has 0 saturated carbocycles. The Kier molecular flexibility index (Phi) is 2.91. The molecule has 0 unspecified atom stereocenters. The SMILES string of the molecule is COCC(=O)N1CC(c2ccncn2)C1. The van der Waals surface area contributed by atoms with Gasteiger partial charge in [0.1, 0.15) is 12.9 Å². The number of carbonyl (C=O) groups excluding carboxylic acids is 1. The number of nitrogens with zero attached hydrogens (tertiary/aromatic N) is 3. The number of ether oxygens (including phenoxy) is 1. The van der Waals surface area contributed by atoms with Crippen molar-refractivity contribution in [1.82, 2.24) is 14.9 Å². The van der Waals surface area contributed by atoms with E-state index in [0.29, 0.717) is 5.92 Å². The van der Waals surface area contributed by atoms with Gasteiger partial charge in [-0.05, 0) is 6.07 Å². The highest BCUT2D eigenvalue weighted by molar-refractivity contribution is 5.78. The molecule has 1 aliphatic heterocycles. The maximum Gasteiger partial charge on any atom is 0.248 e. The van der Waals surface area contributed by atoms with Gasteiger partial charge in [-0.2, -0.15) is 0 Å². The van der Waals surface area contributed by atoms with Crippen LogP contribution in [0.3, 0.4) is 0 Å². The lowest BCUT2D eigenvalue weighted by atomic mass is 9.96. The Hall–Kier alpha value is -1.49. The summed E-state index contributed by atoms with van der Waals surface area (Å²) in [6.07, 6.45) is 3.26. The van der Waals surface area contributed by atoms with Gasteiger partial charge in [-0.15, -0.1) is 0 Å². The molecular formula is C10H13N3O2. The molecule has 0 atom stereocenters. The summed E-state index contributed by atoms with van der Waals surface area (Å²) in [6, 6.07) is 1.89. The van der Waals surface area contributed by atoms with Crippen LogP contribution in [0, 0.1) is 0 Å². The second kappa shape index (κ2) is 4.35. The highest BCUT2D eigenvalue weighted by Crippen LogP contribution is 2.24. The molecule has 1 fully saturated rings. The minimum atomic E-state index is 0.0443. The molecule has 1 amide bonds. The normalized spacial score (nSPS) is 16.2. The molecule has 5 nitrogen and oxygen atoms in total. The summed E-state index contributed by atoms with van der Waals surface area (Å²) in [6.45, 7) is 1.63. The van der Waals surface area contributed by atoms with E-state index in [2.05, 4.69) is 9.97 Å². The van der Waals surface area contributed by atoms with Crippen LogP contribution >= 0.6 is 0 Å². The molecule has 1 aliphatic rings. The van der Waals surface area contributed by atoms with Gasteiger partial charge in [-0.3, -0.25) is 4.79 Å². The van der Waals surface area contributed by atoms with Gasteiger partial charge in [-0.1, -0.05) is 0 Å².